The smallest absolute Gasteiger partial charge is 0.407 e. The Labute approximate surface area is 132 Å². The van der Waals surface area contributed by atoms with Crippen molar-refractivity contribution in [1.82, 2.24) is 15.5 Å². The van der Waals surface area contributed by atoms with Gasteiger partial charge in [0.15, 0.2) is 0 Å². The fourth-order valence-corrected chi connectivity index (χ4v) is 1.95. The van der Waals surface area contributed by atoms with Crippen LogP contribution in [-0.2, 0) is 0 Å². The summed E-state index contributed by atoms with van der Waals surface area (Å²) in [5.74, 6) is 0. The molecule has 132 valence electrons. The molecular weight excluding hydrogens is 288 g/mol. The third-order valence-electron chi connectivity index (χ3n) is 3.21. The van der Waals surface area contributed by atoms with Crippen LogP contribution >= 0.6 is 0 Å². The Balaban J connectivity index is 3.44. The van der Waals surface area contributed by atoms with Gasteiger partial charge < -0.3 is 36.6 Å². The van der Waals surface area contributed by atoms with Gasteiger partial charge in [-0.15, -0.1) is 0 Å². The van der Waals surface area contributed by atoms with Gasteiger partial charge in [-0.05, 0) is 58.4 Å². The van der Waals surface area contributed by atoms with Gasteiger partial charge in [0, 0.05) is 6.54 Å². The molecule has 22 heavy (non-hydrogen) atoms. The van der Waals surface area contributed by atoms with E-state index in [2.05, 4.69) is 10.6 Å². The molecular formula is C14H32N4O4. The number of carbonyl (C=O) groups is 1. The molecule has 0 aromatic heterocycles. The number of hydrogen-bond acceptors (Lipinski definition) is 6. The van der Waals surface area contributed by atoms with Gasteiger partial charge in [0.25, 0.3) is 0 Å². The lowest BCUT2D eigenvalue weighted by atomic mass is 10.3. The van der Waals surface area contributed by atoms with Gasteiger partial charge in [0.05, 0.1) is 19.3 Å². The standard InChI is InChI=1S/C14H32N4O4/c15-5-3-8-16-6-1-2-7-17-9-4-10-18(14(21)22)11-13(20)12-19/h13,16-17,19-20H,1-12,15H2,(H,21,22). The van der Waals surface area contributed by atoms with Crippen LogP contribution in [0.5, 0.6) is 0 Å². The maximum atomic E-state index is 11.0. The number of carboxylic acid groups (broad SMARTS) is 1. The Morgan fingerprint density at radius 1 is 1.05 bits per heavy atom. The molecule has 1 amide bonds. The van der Waals surface area contributed by atoms with Crippen molar-refractivity contribution in [2.45, 2.75) is 31.8 Å². The number of nitrogens with zero attached hydrogens (tertiary/aromatic N) is 1. The molecule has 0 spiro atoms. The van der Waals surface area contributed by atoms with Crippen LogP contribution in [0.1, 0.15) is 25.7 Å². The van der Waals surface area contributed by atoms with Gasteiger partial charge in [0.1, 0.15) is 0 Å². The Bertz CT molecular complexity index is 269. The van der Waals surface area contributed by atoms with E-state index in [1.54, 1.807) is 0 Å². The summed E-state index contributed by atoms with van der Waals surface area (Å²) in [6, 6.07) is 0. The van der Waals surface area contributed by atoms with Crippen LogP contribution in [0.25, 0.3) is 0 Å². The summed E-state index contributed by atoms with van der Waals surface area (Å²) in [4.78, 5) is 12.1. The molecule has 0 radical (unpaired) electrons. The van der Waals surface area contributed by atoms with Gasteiger partial charge in [-0.3, -0.25) is 0 Å². The fraction of sp³-hybridized carbons (Fsp3) is 0.929. The lowest BCUT2D eigenvalue weighted by Crippen LogP contribution is -2.39. The summed E-state index contributed by atoms with van der Waals surface area (Å²) < 4.78 is 0. The van der Waals surface area contributed by atoms with Crippen molar-refractivity contribution in [2.75, 3.05) is 52.4 Å². The van der Waals surface area contributed by atoms with Gasteiger partial charge in [-0.2, -0.15) is 0 Å². The SMILES string of the molecule is NCCCNCCCCNCCCN(CC(O)CO)C(=O)O. The topological polar surface area (TPSA) is 131 Å². The predicted octanol–water partition coefficient (Wildman–Crippen LogP) is -0.982. The second-order valence-corrected chi connectivity index (χ2v) is 5.27. The molecule has 1 unspecified atom stereocenters. The molecule has 8 heteroatoms. The fourth-order valence-electron chi connectivity index (χ4n) is 1.95. The Morgan fingerprint density at radius 3 is 2.09 bits per heavy atom. The van der Waals surface area contributed by atoms with Gasteiger partial charge in [-0.1, -0.05) is 0 Å². The first-order chi connectivity index (χ1) is 10.6. The number of nitrogens with one attached hydrogen (secondary N) is 2. The van der Waals surface area contributed by atoms with E-state index in [9.17, 15) is 9.90 Å². The number of amides is 1. The lowest BCUT2D eigenvalue weighted by Gasteiger charge is -2.21. The van der Waals surface area contributed by atoms with Crippen LogP contribution in [0.4, 0.5) is 4.79 Å². The summed E-state index contributed by atoms with van der Waals surface area (Å²) >= 11 is 0. The van der Waals surface area contributed by atoms with E-state index in [1.165, 1.54) is 0 Å². The van der Waals surface area contributed by atoms with Crippen LogP contribution < -0.4 is 16.4 Å². The zero-order chi connectivity index (χ0) is 16.6. The third kappa shape index (κ3) is 12.8. The molecule has 0 saturated carbocycles. The van der Waals surface area contributed by atoms with Crippen LogP contribution in [0.3, 0.4) is 0 Å². The van der Waals surface area contributed by atoms with E-state index in [1.807, 2.05) is 0 Å². The van der Waals surface area contributed by atoms with Crippen molar-refractivity contribution in [3.05, 3.63) is 0 Å². The minimum Gasteiger partial charge on any atom is -0.465 e. The Morgan fingerprint density at radius 2 is 1.59 bits per heavy atom. The molecule has 8 nitrogen and oxygen atoms in total. The normalized spacial score (nSPS) is 12.3. The third-order valence-corrected chi connectivity index (χ3v) is 3.21. The van der Waals surface area contributed by atoms with E-state index in [0.29, 0.717) is 13.0 Å². The molecule has 0 fully saturated rings. The van der Waals surface area contributed by atoms with Crippen molar-refractivity contribution in [3.8, 4) is 0 Å². The van der Waals surface area contributed by atoms with Gasteiger partial charge in [0.2, 0.25) is 0 Å². The largest absolute Gasteiger partial charge is 0.465 e. The summed E-state index contributed by atoms with van der Waals surface area (Å²) in [6.45, 7) is 4.19. The van der Waals surface area contributed by atoms with E-state index < -0.39 is 18.8 Å². The van der Waals surface area contributed by atoms with E-state index >= 15 is 0 Å². The highest BCUT2D eigenvalue weighted by molar-refractivity contribution is 5.64. The minimum absolute atomic E-state index is 0.0553. The Hall–Kier alpha value is -0.930. The highest BCUT2D eigenvalue weighted by Crippen LogP contribution is 1.96. The van der Waals surface area contributed by atoms with Crippen LogP contribution in [0, 0.1) is 0 Å². The number of nitrogens with two attached hydrogens (primary N) is 1. The lowest BCUT2D eigenvalue weighted by molar-refractivity contribution is 0.0573. The quantitative estimate of drug-likeness (QED) is 0.214. The average molecular weight is 320 g/mol. The number of aliphatic hydroxyl groups is 2. The average Bonchev–Trinajstić information content (AvgIpc) is 2.50. The molecule has 0 aliphatic rings. The highest BCUT2D eigenvalue weighted by Gasteiger charge is 2.15. The molecule has 0 saturated heterocycles. The summed E-state index contributed by atoms with van der Waals surface area (Å²) in [5, 5.41) is 33.6. The van der Waals surface area contributed by atoms with Crippen molar-refractivity contribution in [3.63, 3.8) is 0 Å². The minimum atomic E-state index is -1.07. The second kappa shape index (κ2) is 15.0. The molecule has 7 N–H and O–H groups in total. The summed E-state index contributed by atoms with van der Waals surface area (Å²) in [7, 11) is 0. The maximum Gasteiger partial charge on any atom is 0.407 e. The first-order valence-corrected chi connectivity index (χ1v) is 8.00. The van der Waals surface area contributed by atoms with Crippen LogP contribution in [0.15, 0.2) is 0 Å². The molecule has 0 aromatic rings. The summed E-state index contributed by atoms with van der Waals surface area (Å²) in [5.41, 5.74) is 5.40. The van der Waals surface area contributed by atoms with Crippen molar-refractivity contribution >= 4 is 6.09 Å². The van der Waals surface area contributed by atoms with Gasteiger partial charge >= 0.3 is 6.09 Å². The molecule has 0 aliphatic heterocycles. The number of aliphatic hydroxyl groups excluding tert-OH is 2. The predicted molar refractivity (Wildman–Crippen MR) is 86.0 cm³/mol. The van der Waals surface area contributed by atoms with Gasteiger partial charge in [-0.25, -0.2) is 4.79 Å². The van der Waals surface area contributed by atoms with Crippen LogP contribution in [-0.4, -0.2) is 84.8 Å². The molecule has 0 aromatic carbocycles. The highest BCUT2D eigenvalue weighted by atomic mass is 16.4. The second-order valence-electron chi connectivity index (χ2n) is 5.27. The molecule has 1 atom stereocenters. The first-order valence-electron chi connectivity index (χ1n) is 8.00. The van der Waals surface area contributed by atoms with E-state index in [-0.39, 0.29) is 6.54 Å². The van der Waals surface area contributed by atoms with Crippen LogP contribution in [0.2, 0.25) is 0 Å². The number of unbranched alkanes of at least 4 members (excludes halogenated alkanes) is 1. The number of hydrogen-bond donors (Lipinski definition) is 6. The van der Waals surface area contributed by atoms with E-state index in [4.69, 9.17) is 15.9 Å². The molecule has 0 aliphatic carbocycles. The van der Waals surface area contributed by atoms with Crippen molar-refractivity contribution < 1.29 is 20.1 Å². The first kappa shape index (κ1) is 21.1. The summed E-state index contributed by atoms with van der Waals surface area (Å²) in [6.07, 6.45) is 1.76. The van der Waals surface area contributed by atoms with E-state index in [0.717, 1.165) is 56.9 Å². The molecule has 0 bridgehead atoms. The zero-order valence-electron chi connectivity index (χ0n) is 13.3. The van der Waals surface area contributed by atoms with Crippen molar-refractivity contribution in [2.24, 2.45) is 5.73 Å². The monoisotopic (exact) mass is 320 g/mol. The molecule has 0 heterocycles. The maximum absolute atomic E-state index is 11.0. The zero-order valence-corrected chi connectivity index (χ0v) is 13.3. The molecule has 0 rings (SSSR count). The van der Waals surface area contributed by atoms with Crippen molar-refractivity contribution in [1.29, 1.82) is 0 Å². The number of rotatable bonds is 15. The Kier molecular flexibility index (Phi) is 14.4.